The molecule has 0 radical (unpaired) electrons. The van der Waals surface area contributed by atoms with Crippen LogP contribution in [0.5, 0.6) is 0 Å². The Balaban J connectivity index is 0. The molecular weight excluding hydrogens is 106 g/mol. The minimum atomic E-state index is 0. The summed E-state index contributed by atoms with van der Waals surface area (Å²) in [6.45, 7) is 2.13. The normalized spacial score (nSPS) is 7.00. The second kappa shape index (κ2) is 9.56. The van der Waals surface area contributed by atoms with Crippen LogP contribution < -0.4 is 0 Å². The van der Waals surface area contributed by atoms with Gasteiger partial charge in [0.2, 0.25) is 0 Å². The third kappa shape index (κ3) is 8.99. The van der Waals surface area contributed by atoms with E-state index in [2.05, 4.69) is 6.92 Å². The van der Waals surface area contributed by atoms with Gasteiger partial charge in [0.1, 0.15) is 0 Å². The zero-order valence-electron chi connectivity index (χ0n) is 3.50. The summed E-state index contributed by atoms with van der Waals surface area (Å²) in [5.74, 6) is 0.816. The fraction of sp³-hybridized carbons (Fsp3) is 1.00. The van der Waals surface area contributed by atoms with E-state index < -0.39 is 0 Å². The van der Waals surface area contributed by atoms with Gasteiger partial charge in [-0.05, 0) is 6.42 Å². The van der Waals surface area contributed by atoms with Crippen LogP contribution in [0.3, 0.4) is 0 Å². The van der Waals surface area contributed by atoms with Crippen LogP contribution in [-0.4, -0.2) is 35.4 Å². The molecule has 0 bridgehead atoms. The maximum absolute atomic E-state index is 5.30. The molecule has 0 aliphatic rings. The van der Waals surface area contributed by atoms with Crippen molar-refractivity contribution >= 4 is 41.2 Å². The summed E-state index contributed by atoms with van der Waals surface area (Å²) in [6.07, 6.45) is 2.37. The molecule has 0 saturated heterocycles. The van der Waals surface area contributed by atoms with Crippen LogP contribution in [0.25, 0.3) is 0 Å². The first kappa shape index (κ1) is 10.3. The van der Waals surface area contributed by atoms with Crippen LogP contribution >= 0.6 is 11.6 Å². The third-order valence-electron chi connectivity index (χ3n) is 0.487. The fourth-order valence-electron chi connectivity index (χ4n) is 0.134. The molecular formula is C4H10ClNa. The summed E-state index contributed by atoms with van der Waals surface area (Å²) in [4.78, 5) is 0. The molecule has 34 valence electrons. The van der Waals surface area contributed by atoms with E-state index in [0.717, 1.165) is 12.3 Å². The van der Waals surface area contributed by atoms with E-state index in [0.29, 0.717) is 0 Å². The fourth-order valence-corrected chi connectivity index (χ4v) is 0.401. The average Bonchev–Trinajstić information content (AvgIpc) is 1.41. The van der Waals surface area contributed by atoms with Crippen molar-refractivity contribution in [2.45, 2.75) is 19.8 Å². The number of hydrogen-bond acceptors (Lipinski definition) is 0. The van der Waals surface area contributed by atoms with Crippen molar-refractivity contribution in [1.82, 2.24) is 0 Å². The summed E-state index contributed by atoms with van der Waals surface area (Å²) in [5, 5.41) is 0. The predicted octanol–water partition coefficient (Wildman–Crippen LogP) is 1.38. The quantitative estimate of drug-likeness (QED) is 0.378. The van der Waals surface area contributed by atoms with E-state index >= 15 is 0 Å². The van der Waals surface area contributed by atoms with Gasteiger partial charge in [0.15, 0.2) is 0 Å². The Kier molecular flexibility index (Phi) is 16.4. The SMILES string of the molecule is CCCCCl.[NaH]. The first-order valence-electron chi connectivity index (χ1n) is 1.97. The summed E-state index contributed by atoms with van der Waals surface area (Å²) in [6, 6.07) is 0. The van der Waals surface area contributed by atoms with E-state index in [1.807, 2.05) is 0 Å². The van der Waals surface area contributed by atoms with Gasteiger partial charge in [0.25, 0.3) is 0 Å². The van der Waals surface area contributed by atoms with E-state index in [1.165, 1.54) is 6.42 Å². The van der Waals surface area contributed by atoms with Gasteiger partial charge in [-0.3, -0.25) is 0 Å². The molecule has 0 aromatic carbocycles. The Morgan fingerprint density at radius 1 is 1.50 bits per heavy atom. The molecule has 0 saturated carbocycles. The molecule has 0 rings (SSSR count). The Morgan fingerprint density at radius 2 is 2.00 bits per heavy atom. The Hall–Kier alpha value is 1.29. The topological polar surface area (TPSA) is 0 Å². The molecule has 0 amide bonds. The van der Waals surface area contributed by atoms with Gasteiger partial charge in [0.05, 0.1) is 0 Å². The zero-order chi connectivity index (χ0) is 4.12. The van der Waals surface area contributed by atoms with Crippen molar-refractivity contribution < 1.29 is 0 Å². The number of halogens is 1. The summed E-state index contributed by atoms with van der Waals surface area (Å²) in [7, 11) is 0. The van der Waals surface area contributed by atoms with Crippen molar-refractivity contribution in [2.75, 3.05) is 5.88 Å². The predicted molar refractivity (Wildman–Crippen MR) is 32.8 cm³/mol. The minimum absolute atomic E-state index is 0. The molecule has 0 spiro atoms. The summed E-state index contributed by atoms with van der Waals surface area (Å²) >= 11 is 5.30. The molecule has 0 fully saturated rings. The average molecular weight is 117 g/mol. The molecule has 0 heterocycles. The third-order valence-corrected chi connectivity index (χ3v) is 0.754. The Bertz CT molecular complexity index is 15.0. The number of hydrogen-bond donors (Lipinski definition) is 0. The number of unbranched alkanes of at least 4 members (excludes halogenated alkanes) is 1. The first-order valence-corrected chi connectivity index (χ1v) is 2.51. The van der Waals surface area contributed by atoms with Crippen molar-refractivity contribution in [3.8, 4) is 0 Å². The van der Waals surface area contributed by atoms with Gasteiger partial charge in [0, 0.05) is 5.88 Å². The molecule has 0 aliphatic carbocycles. The molecule has 0 aliphatic heterocycles. The van der Waals surface area contributed by atoms with Crippen molar-refractivity contribution in [3.63, 3.8) is 0 Å². The van der Waals surface area contributed by atoms with Gasteiger partial charge in [-0.2, -0.15) is 0 Å². The van der Waals surface area contributed by atoms with Gasteiger partial charge in [-0.1, -0.05) is 13.3 Å². The van der Waals surface area contributed by atoms with Gasteiger partial charge < -0.3 is 0 Å². The number of alkyl halides is 1. The van der Waals surface area contributed by atoms with E-state index in [-0.39, 0.29) is 29.6 Å². The maximum atomic E-state index is 5.30. The molecule has 0 N–H and O–H groups in total. The first-order chi connectivity index (χ1) is 2.41. The van der Waals surface area contributed by atoms with Crippen molar-refractivity contribution in [2.24, 2.45) is 0 Å². The van der Waals surface area contributed by atoms with Crippen molar-refractivity contribution in [3.05, 3.63) is 0 Å². The molecule has 0 unspecified atom stereocenters. The van der Waals surface area contributed by atoms with Crippen molar-refractivity contribution in [1.29, 1.82) is 0 Å². The molecule has 0 nitrogen and oxygen atoms in total. The Labute approximate surface area is 66.6 Å². The molecule has 6 heavy (non-hydrogen) atoms. The molecule has 0 aromatic rings. The van der Waals surface area contributed by atoms with Gasteiger partial charge in [-0.25, -0.2) is 0 Å². The zero-order valence-corrected chi connectivity index (χ0v) is 4.26. The van der Waals surface area contributed by atoms with E-state index in [9.17, 15) is 0 Å². The second-order valence-electron chi connectivity index (χ2n) is 1.04. The van der Waals surface area contributed by atoms with Crippen LogP contribution in [0, 0.1) is 0 Å². The van der Waals surface area contributed by atoms with Gasteiger partial charge >= 0.3 is 29.6 Å². The van der Waals surface area contributed by atoms with Crippen LogP contribution in [0.2, 0.25) is 0 Å². The van der Waals surface area contributed by atoms with E-state index in [4.69, 9.17) is 11.6 Å². The Morgan fingerprint density at radius 3 is 2.00 bits per heavy atom. The monoisotopic (exact) mass is 116 g/mol. The summed E-state index contributed by atoms with van der Waals surface area (Å²) < 4.78 is 0. The molecule has 0 aromatic heterocycles. The van der Waals surface area contributed by atoms with Crippen LogP contribution in [0.15, 0.2) is 0 Å². The standard InChI is InChI=1S/C4H9Cl.Na.H/c1-2-3-4-5;;/h2-4H2,1H3;;. The van der Waals surface area contributed by atoms with Crippen LogP contribution in [-0.2, 0) is 0 Å². The second-order valence-corrected chi connectivity index (χ2v) is 1.42. The molecule has 2 heteroatoms. The van der Waals surface area contributed by atoms with Crippen LogP contribution in [0.4, 0.5) is 0 Å². The van der Waals surface area contributed by atoms with Crippen LogP contribution in [0.1, 0.15) is 19.8 Å². The van der Waals surface area contributed by atoms with Gasteiger partial charge in [-0.15, -0.1) is 11.6 Å². The summed E-state index contributed by atoms with van der Waals surface area (Å²) in [5.41, 5.74) is 0. The van der Waals surface area contributed by atoms with E-state index in [1.54, 1.807) is 0 Å². The number of rotatable bonds is 2. The molecule has 0 atom stereocenters.